The quantitative estimate of drug-likeness (QED) is 0.308. The highest BCUT2D eigenvalue weighted by Crippen LogP contribution is 2.43. The summed E-state index contributed by atoms with van der Waals surface area (Å²) in [7, 11) is -3.49. The smallest absolute Gasteiger partial charge is 0.376 e. The molecule has 0 saturated carbocycles. The fourth-order valence-electron chi connectivity index (χ4n) is 2.67. The summed E-state index contributed by atoms with van der Waals surface area (Å²) in [4.78, 5) is 9.84. The van der Waals surface area contributed by atoms with E-state index in [1.54, 1.807) is 24.3 Å². The fraction of sp³-hybridized carbons (Fsp3) is 0.684. The molecule has 0 aliphatic rings. The first-order chi connectivity index (χ1) is 11.1. The number of hydrogen-bond donors (Lipinski definition) is 1. The zero-order valence-electron chi connectivity index (χ0n) is 14.6. The van der Waals surface area contributed by atoms with Crippen LogP contribution in [0.3, 0.4) is 0 Å². The highest BCUT2D eigenvalue weighted by atomic mass is 31.2. The first-order valence-corrected chi connectivity index (χ1v) is 11.0. The van der Waals surface area contributed by atoms with Gasteiger partial charge in [0.15, 0.2) is 0 Å². The summed E-state index contributed by atoms with van der Waals surface area (Å²) in [5, 5.41) is 0. The molecule has 0 spiro atoms. The molecule has 1 aromatic rings. The lowest BCUT2D eigenvalue weighted by molar-refractivity contribution is 0.377. The number of rotatable bonds is 14. The van der Waals surface area contributed by atoms with Crippen molar-refractivity contribution in [2.45, 2.75) is 77.6 Å². The van der Waals surface area contributed by atoms with Crippen molar-refractivity contribution < 1.29 is 14.0 Å². The van der Waals surface area contributed by atoms with Crippen molar-refractivity contribution in [1.29, 1.82) is 0 Å². The minimum atomic E-state index is -3.49. The number of hydrogen-bond acceptors (Lipinski definition) is 2. The van der Waals surface area contributed by atoms with Gasteiger partial charge in [0.2, 0.25) is 0 Å². The lowest BCUT2D eigenvalue weighted by atomic mass is 10.1. The summed E-state index contributed by atoms with van der Waals surface area (Å²) < 4.78 is 17.2. The molecule has 1 rings (SSSR count). The van der Waals surface area contributed by atoms with Crippen molar-refractivity contribution in [3.05, 3.63) is 30.3 Å². The summed E-state index contributed by atoms with van der Waals surface area (Å²) in [5.41, 5.74) is 0. The van der Waals surface area contributed by atoms with Gasteiger partial charge in [-0.1, -0.05) is 89.3 Å². The lowest BCUT2D eigenvalue weighted by Gasteiger charge is -2.13. The lowest BCUT2D eigenvalue weighted by Crippen LogP contribution is -1.97. The zero-order chi connectivity index (χ0) is 16.8. The van der Waals surface area contributed by atoms with Gasteiger partial charge >= 0.3 is 7.60 Å². The molecule has 0 saturated heterocycles. The Balaban J connectivity index is 1.96. The Morgan fingerprint density at radius 2 is 1.30 bits per heavy atom. The van der Waals surface area contributed by atoms with Crippen LogP contribution >= 0.6 is 7.60 Å². The van der Waals surface area contributed by atoms with Crippen LogP contribution in [0, 0.1) is 0 Å². The van der Waals surface area contributed by atoms with Crippen LogP contribution in [0.5, 0.6) is 5.75 Å². The van der Waals surface area contributed by atoms with E-state index in [1.165, 1.54) is 51.4 Å². The van der Waals surface area contributed by atoms with Crippen LogP contribution in [-0.4, -0.2) is 11.1 Å². The Kier molecular flexibility index (Phi) is 11.1. The molecule has 1 aromatic carbocycles. The van der Waals surface area contributed by atoms with Gasteiger partial charge in [0.1, 0.15) is 5.75 Å². The van der Waals surface area contributed by atoms with Gasteiger partial charge in [-0.15, -0.1) is 0 Å². The second kappa shape index (κ2) is 12.6. The standard InChI is InChI=1S/C19H33O3P/c1-2-3-4-5-6-7-8-9-10-11-15-18-23(20,21)22-19-16-13-12-14-17-19/h12-14,16-17H,2-11,15,18H2,1H3,(H,20,21). The first kappa shape index (κ1) is 20.3. The topological polar surface area (TPSA) is 46.5 Å². The molecule has 1 atom stereocenters. The maximum absolute atomic E-state index is 12.0. The van der Waals surface area contributed by atoms with Crippen molar-refractivity contribution in [3.8, 4) is 5.75 Å². The van der Waals surface area contributed by atoms with Crippen molar-refractivity contribution >= 4 is 7.60 Å². The van der Waals surface area contributed by atoms with Crippen molar-refractivity contribution in [3.63, 3.8) is 0 Å². The highest BCUT2D eigenvalue weighted by molar-refractivity contribution is 7.53. The van der Waals surface area contributed by atoms with Crippen LogP contribution in [0.4, 0.5) is 0 Å². The van der Waals surface area contributed by atoms with Crippen LogP contribution in [0.1, 0.15) is 77.6 Å². The third kappa shape index (κ3) is 11.4. The maximum Gasteiger partial charge on any atom is 0.376 e. The number of benzene rings is 1. The zero-order valence-corrected chi connectivity index (χ0v) is 15.5. The Morgan fingerprint density at radius 1 is 0.826 bits per heavy atom. The highest BCUT2D eigenvalue weighted by Gasteiger charge is 2.19. The molecule has 0 heterocycles. The first-order valence-electron chi connectivity index (χ1n) is 9.20. The van der Waals surface area contributed by atoms with E-state index < -0.39 is 7.60 Å². The molecule has 23 heavy (non-hydrogen) atoms. The molecule has 0 aliphatic heterocycles. The second-order valence-electron chi connectivity index (χ2n) is 6.30. The van der Waals surface area contributed by atoms with Crippen LogP contribution in [0.2, 0.25) is 0 Å². The average Bonchev–Trinajstić information content (AvgIpc) is 2.53. The molecule has 4 heteroatoms. The van der Waals surface area contributed by atoms with Crippen LogP contribution in [0.25, 0.3) is 0 Å². The minimum absolute atomic E-state index is 0.249. The minimum Gasteiger partial charge on any atom is -0.424 e. The maximum atomic E-state index is 12.0. The Morgan fingerprint density at radius 3 is 1.83 bits per heavy atom. The van der Waals surface area contributed by atoms with E-state index in [-0.39, 0.29) is 6.16 Å². The SMILES string of the molecule is CCCCCCCCCCCCCP(=O)(O)Oc1ccccc1. The van der Waals surface area contributed by atoms with Crippen molar-refractivity contribution in [1.82, 2.24) is 0 Å². The summed E-state index contributed by atoms with van der Waals surface area (Å²) in [6.07, 6.45) is 13.8. The van der Waals surface area contributed by atoms with Gasteiger partial charge in [0, 0.05) is 0 Å². The van der Waals surface area contributed by atoms with Crippen LogP contribution in [0.15, 0.2) is 30.3 Å². The molecule has 0 aromatic heterocycles. The van der Waals surface area contributed by atoms with Gasteiger partial charge in [0.05, 0.1) is 6.16 Å². The summed E-state index contributed by atoms with van der Waals surface area (Å²) in [6.45, 7) is 2.25. The summed E-state index contributed by atoms with van der Waals surface area (Å²) in [5.74, 6) is 0.474. The Bertz CT molecular complexity index is 434. The third-order valence-corrected chi connectivity index (χ3v) is 5.41. The normalized spacial score (nSPS) is 13.7. The molecular weight excluding hydrogens is 307 g/mol. The molecular formula is C19H33O3P. The van der Waals surface area contributed by atoms with E-state index >= 15 is 0 Å². The molecule has 132 valence electrons. The number of para-hydroxylation sites is 1. The Hall–Kier alpha value is -0.790. The Labute approximate surface area is 142 Å². The molecule has 0 amide bonds. The fourth-order valence-corrected chi connectivity index (χ4v) is 3.83. The van der Waals surface area contributed by atoms with Gasteiger partial charge in [-0.25, -0.2) is 4.57 Å². The molecule has 0 aliphatic carbocycles. The largest absolute Gasteiger partial charge is 0.424 e. The second-order valence-corrected chi connectivity index (χ2v) is 8.21. The summed E-state index contributed by atoms with van der Waals surface area (Å²) >= 11 is 0. The molecule has 1 N–H and O–H groups in total. The van der Waals surface area contributed by atoms with E-state index in [9.17, 15) is 9.46 Å². The van der Waals surface area contributed by atoms with E-state index in [1.807, 2.05) is 6.07 Å². The van der Waals surface area contributed by atoms with Gasteiger partial charge in [-0.05, 0) is 18.6 Å². The molecule has 0 radical (unpaired) electrons. The van der Waals surface area contributed by atoms with Crippen molar-refractivity contribution in [2.24, 2.45) is 0 Å². The van der Waals surface area contributed by atoms with Gasteiger partial charge in [0.25, 0.3) is 0 Å². The van der Waals surface area contributed by atoms with E-state index in [0.29, 0.717) is 5.75 Å². The van der Waals surface area contributed by atoms with Gasteiger partial charge < -0.3 is 9.42 Å². The summed E-state index contributed by atoms with van der Waals surface area (Å²) in [6, 6.07) is 8.89. The predicted octanol–water partition coefficient (Wildman–Crippen LogP) is 6.56. The van der Waals surface area contributed by atoms with Crippen LogP contribution in [-0.2, 0) is 4.57 Å². The number of unbranched alkanes of at least 4 members (excludes halogenated alkanes) is 10. The van der Waals surface area contributed by atoms with Crippen molar-refractivity contribution in [2.75, 3.05) is 6.16 Å². The monoisotopic (exact) mass is 340 g/mol. The third-order valence-electron chi connectivity index (χ3n) is 4.04. The average molecular weight is 340 g/mol. The van der Waals surface area contributed by atoms with E-state index in [4.69, 9.17) is 4.52 Å². The van der Waals surface area contributed by atoms with E-state index in [0.717, 1.165) is 19.3 Å². The predicted molar refractivity (Wildman–Crippen MR) is 98.2 cm³/mol. The van der Waals surface area contributed by atoms with Gasteiger partial charge in [-0.3, -0.25) is 0 Å². The molecule has 0 fully saturated rings. The van der Waals surface area contributed by atoms with Gasteiger partial charge in [-0.2, -0.15) is 0 Å². The molecule has 1 unspecified atom stereocenters. The molecule has 3 nitrogen and oxygen atoms in total. The molecule has 0 bridgehead atoms. The van der Waals surface area contributed by atoms with E-state index in [2.05, 4.69) is 6.92 Å². The van der Waals surface area contributed by atoms with Crippen LogP contribution < -0.4 is 4.52 Å².